The van der Waals surface area contributed by atoms with Crippen LogP contribution < -0.4 is 10.5 Å². The number of hydrogen-bond acceptors (Lipinski definition) is 3. The van der Waals surface area contributed by atoms with Gasteiger partial charge in [0.25, 0.3) is 0 Å². The summed E-state index contributed by atoms with van der Waals surface area (Å²) >= 11 is 0. The van der Waals surface area contributed by atoms with Crippen molar-refractivity contribution < 1.29 is 4.74 Å². The first-order valence-electron chi connectivity index (χ1n) is 6.44. The molecular weight excluding hydrogens is 212 g/mol. The highest BCUT2D eigenvalue weighted by molar-refractivity contribution is 5.18. The minimum Gasteiger partial charge on any atom is -0.481 e. The van der Waals surface area contributed by atoms with Crippen molar-refractivity contribution in [1.29, 1.82) is 0 Å². The molecule has 0 radical (unpaired) electrons. The molecule has 0 fully saturated rings. The van der Waals surface area contributed by atoms with Gasteiger partial charge < -0.3 is 10.5 Å². The molecule has 3 nitrogen and oxygen atoms in total. The molecule has 1 rings (SSSR count). The predicted molar refractivity (Wildman–Crippen MR) is 71.2 cm³/mol. The summed E-state index contributed by atoms with van der Waals surface area (Å²) in [5.41, 5.74) is 7.35. The van der Waals surface area contributed by atoms with Crippen LogP contribution in [-0.4, -0.2) is 18.1 Å². The van der Waals surface area contributed by atoms with Crippen LogP contribution in [0.1, 0.15) is 38.7 Å². The van der Waals surface area contributed by atoms with Gasteiger partial charge in [0.1, 0.15) is 0 Å². The molecule has 1 atom stereocenters. The third-order valence-corrected chi connectivity index (χ3v) is 3.30. The van der Waals surface area contributed by atoms with Gasteiger partial charge in [-0.3, -0.25) is 0 Å². The Labute approximate surface area is 104 Å². The van der Waals surface area contributed by atoms with E-state index < -0.39 is 0 Å². The fraction of sp³-hybridized carbons (Fsp3) is 0.643. The first-order chi connectivity index (χ1) is 8.19. The summed E-state index contributed by atoms with van der Waals surface area (Å²) in [5, 5.41) is 0. The van der Waals surface area contributed by atoms with E-state index in [1.807, 2.05) is 18.3 Å². The van der Waals surface area contributed by atoms with Crippen molar-refractivity contribution in [3.63, 3.8) is 0 Å². The molecule has 1 unspecified atom stereocenters. The van der Waals surface area contributed by atoms with E-state index in [0.29, 0.717) is 5.88 Å². The number of pyridine rings is 1. The predicted octanol–water partition coefficient (Wildman–Crippen LogP) is 2.79. The maximum Gasteiger partial charge on any atom is 0.212 e. The number of rotatable bonds is 7. The molecule has 0 spiro atoms. The molecule has 0 saturated carbocycles. The summed E-state index contributed by atoms with van der Waals surface area (Å²) in [6.07, 6.45) is 6.27. The summed E-state index contributed by atoms with van der Waals surface area (Å²) < 4.78 is 5.03. The topological polar surface area (TPSA) is 48.1 Å². The molecule has 0 saturated heterocycles. The van der Waals surface area contributed by atoms with Crippen LogP contribution in [0, 0.1) is 5.92 Å². The molecule has 96 valence electrons. The van der Waals surface area contributed by atoms with E-state index in [4.69, 9.17) is 10.5 Å². The quantitative estimate of drug-likeness (QED) is 0.792. The maximum atomic E-state index is 6.17. The van der Waals surface area contributed by atoms with Gasteiger partial charge >= 0.3 is 0 Å². The van der Waals surface area contributed by atoms with Crippen molar-refractivity contribution in [2.45, 2.75) is 45.6 Å². The van der Waals surface area contributed by atoms with Gasteiger partial charge in [0, 0.05) is 18.3 Å². The van der Waals surface area contributed by atoms with E-state index in [2.05, 4.69) is 18.8 Å². The van der Waals surface area contributed by atoms with Gasteiger partial charge in [-0.2, -0.15) is 0 Å². The fourth-order valence-corrected chi connectivity index (χ4v) is 2.09. The number of nitrogens with two attached hydrogens (primary N) is 1. The smallest absolute Gasteiger partial charge is 0.212 e. The van der Waals surface area contributed by atoms with Crippen LogP contribution in [0.2, 0.25) is 0 Å². The van der Waals surface area contributed by atoms with Crippen molar-refractivity contribution in [2.75, 3.05) is 7.11 Å². The third kappa shape index (κ3) is 4.73. The lowest BCUT2D eigenvalue weighted by molar-refractivity contribution is 0.395. The molecule has 2 N–H and O–H groups in total. The first kappa shape index (κ1) is 14.0. The zero-order valence-corrected chi connectivity index (χ0v) is 11.1. The molecule has 0 aliphatic heterocycles. The minimum atomic E-state index is 0.232. The standard InChI is InChI=1S/C14H24N2O/c1-4-11(5-2)8-13(15)9-12-6-7-14(17-3)16-10-12/h6-7,10-11,13H,4-5,8-9,15H2,1-3H3. The van der Waals surface area contributed by atoms with E-state index >= 15 is 0 Å². The number of aromatic nitrogens is 1. The third-order valence-electron chi connectivity index (χ3n) is 3.30. The van der Waals surface area contributed by atoms with Crippen LogP contribution in [0.4, 0.5) is 0 Å². The minimum absolute atomic E-state index is 0.232. The van der Waals surface area contributed by atoms with E-state index in [0.717, 1.165) is 18.8 Å². The Bertz CT molecular complexity index is 307. The molecule has 3 heteroatoms. The molecule has 0 aliphatic rings. The number of ether oxygens (including phenoxy) is 1. The highest BCUT2D eigenvalue weighted by atomic mass is 16.5. The van der Waals surface area contributed by atoms with E-state index in [-0.39, 0.29) is 6.04 Å². The summed E-state index contributed by atoms with van der Waals surface area (Å²) in [6, 6.07) is 4.16. The van der Waals surface area contributed by atoms with Gasteiger partial charge in [-0.25, -0.2) is 4.98 Å². The lowest BCUT2D eigenvalue weighted by Gasteiger charge is -2.18. The van der Waals surface area contributed by atoms with Crippen LogP contribution in [0.5, 0.6) is 5.88 Å². The summed E-state index contributed by atoms with van der Waals surface area (Å²) in [5.74, 6) is 1.40. The molecule has 1 aromatic heterocycles. The zero-order chi connectivity index (χ0) is 12.7. The zero-order valence-electron chi connectivity index (χ0n) is 11.1. The van der Waals surface area contributed by atoms with E-state index in [1.54, 1.807) is 7.11 Å². The van der Waals surface area contributed by atoms with Crippen molar-refractivity contribution in [3.05, 3.63) is 23.9 Å². The average Bonchev–Trinajstić information content (AvgIpc) is 2.37. The van der Waals surface area contributed by atoms with Crippen LogP contribution in [-0.2, 0) is 6.42 Å². The Morgan fingerprint density at radius 2 is 2.00 bits per heavy atom. The average molecular weight is 236 g/mol. The van der Waals surface area contributed by atoms with Crippen LogP contribution in [0.25, 0.3) is 0 Å². The first-order valence-corrected chi connectivity index (χ1v) is 6.44. The summed E-state index contributed by atoms with van der Waals surface area (Å²) in [4.78, 5) is 4.19. The van der Waals surface area contributed by atoms with Gasteiger partial charge in [-0.05, 0) is 24.3 Å². The molecule has 1 aromatic rings. The molecule has 0 bridgehead atoms. The van der Waals surface area contributed by atoms with Gasteiger partial charge in [0.05, 0.1) is 7.11 Å². The van der Waals surface area contributed by atoms with Crippen molar-refractivity contribution in [2.24, 2.45) is 11.7 Å². The largest absolute Gasteiger partial charge is 0.481 e. The Kier molecular flexibility index (Phi) is 5.98. The van der Waals surface area contributed by atoms with Crippen molar-refractivity contribution >= 4 is 0 Å². The second-order valence-electron chi connectivity index (χ2n) is 4.59. The number of methoxy groups -OCH3 is 1. The van der Waals surface area contributed by atoms with Gasteiger partial charge in [0.2, 0.25) is 5.88 Å². The lowest BCUT2D eigenvalue weighted by Crippen LogP contribution is -2.25. The van der Waals surface area contributed by atoms with Crippen LogP contribution >= 0.6 is 0 Å². The summed E-state index contributed by atoms with van der Waals surface area (Å²) in [6.45, 7) is 4.46. The monoisotopic (exact) mass is 236 g/mol. The Morgan fingerprint density at radius 3 is 2.47 bits per heavy atom. The van der Waals surface area contributed by atoms with Crippen molar-refractivity contribution in [1.82, 2.24) is 4.98 Å². The Morgan fingerprint density at radius 1 is 1.29 bits per heavy atom. The highest BCUT2D eigenvalue weighted by Gasteiger charge is 2.11. The van der Waals surface area contributed by atoms with Gasteiger partial charge in [-0.15, -0.1) is 0 Å². The molecule has 17 heavy (non-hydrogen) atoms. The van der Waals surface area contributed by atoms with Gasteiger partial charge in [0.15, 0.2) is 0 Å². The molecule has 0 aromatic carbocycles. The highest BCUT2D eigenvalue weighted by Crippen LogP contribution is 2.16. The van der Waals surface area contributed by atoms with Gasteiger partial charge in [-0.1, -0.05) is 32.8 Å². The summed E-state index contributed by atoms with van der Waals surface area (Å²) in [7, 11) is 1.63. The van der Waals surface area contributed by atoms with E-state index in [9.17, 15) is 0 Å². The normalized spacial score (nSPS) is 12.8. The maximum absolute atomic E-state index is 6.17. The number of nitrogens with zero attached hydrogens (tertiary/aromatic N) is 1. The van der Waals surface area contributed by atoms with E-state index in [1.165, 1.54) is 18.4 Å². The second kappa shape index (κ2) is 7.28. The fourth-order valence-electron chi connectivity index (χ4n) is 2.09. The Balaban J connectivity index is 2.46. The lowest BCUT2D eigenvalue weighted by atomic mass is 9.92. The van der Waals surface area contributed by atoms with Crippen LogP contribution in [0.15, 0.2) is 18.3 Å². The van der Waals surface area contributed by atoms with Crippen molar-refractivity contribution in [3.8, 4) is 5.88 Å². The molecular formula is C14H24N2O. The molecule has 0 aliphatic carbocycles. The van der Waals surface area contributed by atoms with Crippen LogP contribution in [0.3, 0.4) is 0 Å². The molecule has 0 amide bonds. The number of hydrogen-bond donors (Lipinski definition) is 1. The Hall–Kier alpha value is -1.09. The second-order valence-corrected chi connectivity index (χ2v) is 4.59. The molecule has 1 heterocycles. The SMILES string of the molecule is CCC(CC)CC(N)Cc1ccc(OC)nc1.